The summed E-state index contributed by atoms with van der Waals surface area (Å²) in [5.41, 5.74) is 5.71. The average molecular weight is 484 g/mol. The lowest BCUT2D eigenvalue weighted by atomic mass is 9.88. The molecule has 0 spiro atoms. The van der Waals surface area contributed by atoms with Gasteiger partial charge in [-0.1, -0.05) is 43.6 Å². The fraction of sp³-hybridized carbons (Fsp3) is 0.400. The van der Waals surface area contributed by atoms with Crippen molar-refractivity contribution in [2.45, 2.75) is 63.5 Å². The van der Waals surface area contributed by atoms with Crippen LogP contribution in [0.3, 0.4) is 0 Å². The quantitative estimate of drug-likeness (QED) is 0.221. The van der Waals surface area contributed by atoms with E-state index in [9.17, 15) is 0 Å². The number of rotatable bonds is 5. The normalized spacial score (nSPS) is 15.6. The molecule has 3 aromatic heterocycles. The Morgan fingerprint density at radius 3 is 2.78 bits per heavy atom. The lowest BCUT2D eigenvalue weighted by molar-refractivity contribution is -0.0402. The summed E-state index contributed by atoms with van der Waals surface area (Å²) in [6, 6.07) is 7.98. The van der Waals surface area contributed by atoms with Crippen LogP contribution in [0.1, 0.15) is 50.1 Å². The first-order valence-electron chi connectivity index (χ1n) is 10.9. The van der Waals surface area contributed by atoms with Crippen LogP contribution in [-0.2, 0) is 29.9 Å². The van der Waals surface area contributed by atoms with E-state index < -0.39 is 0 Å². The predicted octanol–water partition coefficient (Wildman–Crippen LogP) is 7.24. The average Bonchev–Trinajstić information content (AvgIpc) is 3.11. The van der Waals surface area contributed by atoms with Crippen LogP contribution < -0.4 is 0 Å². The number of pyridine rings is 1. The number of hydrogen-bond acceptors (Lipinski definition) is 6. The molecule has 0 saturated carbocycles. The van der Waals surface area contributed by atoms with Gasteiger partial charge in [-0.15, -0.1) is 23.1 Å². The van der Waals surface area contributed by atoms with Crippen molar-refractivity contribution in [1.82, 2.24) is 15.0 Å². The molecule has 4 nitrogen and oxygen atoms in total. The third-order valence-corrected chi connectivity index (χ3v) is 8.42. The van der Waals surface area contributed by atoms with Crippen molar-refractivity contribution in [3.05, 3.63) is 58.0 Å². The Labute approximate surface area is 201 Å². The van der Waals surface area contributed by atoms with E-state index in [0.29, 0.717) is 12.5 Å². The number of thiophene rings is 1. The summed E-state index contributed by atoms with van der Waals surface area (Å²) in [5, 5.41) is 2.97. The smallest absolute Gasteiger partial charge is 0.126 e. The highest BCUT2D eigenvalue weighted by molar-refractivity contribution is 7.98. The largest absolute Gasteiger partial charge is 0.370 e. The Morgan fingerprint density at radius 1 is 1.19 bits per heavy atom. The standard InChI is InChI=1S/C25H26ClN3OS2/c1-14(2)9-19-17-11-30-25(3,4)10-16(17)20-21-22(32-23(20)29-19)24(28-13-27-21)31-12-15-7-5-6-8-18(15)26/h5-8,13-14H,9-12H2,1-4H3. The van der Waals surface area contributed by atoms with Gasteiger partial charge in [-0.25, -0.2) is 15.0 Å². The van der Waals surface area contributed by atoms with Crippen LogP contribution >= 0.6 is 34.7 Å². The van der Waals surface area contributed by atoms with E-state index in [1.807, 2.05) is 18.2 Å². The first kappa shape index (κ1) is 22.1. The second-order valence-corrected chi connectivity index (χ2v) is 11.7. The van der Waals surface area contributed by atoms with Gasteiger partial charge in [0.25, 0.3) is 0 Å². The van der Waals surface area contributed by atoms with E-state index in [-0.39, 0.29) is 5.60 Å². The van der Waals surface area contributed by atoms with E-state index >= 15 is 0 Å². The van der Waals surface area contributed by atoms with Gasteiger partial charge < -0.3 is 4.74 Å². The number of aromatic nitrogens is 3. The van der Waals surface area contributed by atoms with Gasteiger partial charge >= 0.3 is 0 Å². The monoisotopic (exact) mass is 483 g/mol. The molecule has 0 radical (unpaired) electrons. The maximum atomic E-state index is 6.37. The van der Waals surface area contributed by atoms with Crippen LogP contribution in [-0.4, -0.2) is 20.6 Å². The highest BCUT2D eigenvalue weighted by Gasteiger charge is 2.31. The number of ether oxygens (including phenoxy) is 1. The number of nitrogens with zero attached hydrogens (tertiary/aromatic N) is 3. The molecule has 0 N–H and O–H groups in total. The van der Waals surface area contributed by atoms with Crippen molar-refractivity contribution in [2.24, 2.45) is 5.92 Å². The molecular weight excluding hydrogens is 458 g/mol. The molecule has 0 bridgehead atoms. The van der Waals surface area contributed by atoms with Gasteiger partial charge in [-0.3, -0.25) is 0 Å². The summed E-state index contributed by atoms with van der Waals surface area (Å²) in [6.45, 7) is 9.43. The third kappa shape index (κ3) is 4.14. The summed E-state index contributed by atoms with van der Waals surface area (Å²) in [5.74, 6) is 1.31. The van der Waals surface area contributed by atoms with E-state index in [2.05, 4.69) is 38.7 Å². The van der Waals surface area contributed by atoms with Gasteiger partial charge in [-0.05, 0) is 43.4 Å². The highest BCUT2D eigenvalue weighted by Crippen LogP contribution is 2.43. The number of hydrogen-bond donors (Lipinski definition) is 0. The van der Waals surface area contributed by atoms with Crippen LogP contribution in [0.5, 0.6) is 0 Å². The molecule has 32 heavy (non-hydrogen) atoms. The molecule has 0 fully saturated rings. The van der Waals surface area contributed by atoms with Crippen molar-refractivity contribution < 1.29 is 4.74 Å². The first-order valence-corrected chi connectivity index (χ1v) is 13.1. The zero-order valence-electron chi connectivity index (χ0n) is 18.7. The Kier molecular flexibility index (Phi) is 5.91. The minimum absolute atomic E-state index is 0.195. The molecule has 166 valence electrons. The van der Waals surface area contributed by atoms with Gasteiger partial charge in [0.15, 0.2) is 0 Å². The Hall–Kier alpha value is -1.73. The molecule has 0 atom stereocenters. The van der Waals surface area contributed by atoms with Crippen LogP contribution in [0.25, 0.3) is 20.4 Å². The Morgan fingerprint density at radius 2 is 2.00 bits per heavy atom. The zero-order valence-corrected chi connectivity index (χ0v) is 21.1. The molecule has 1 aliphatic rings. The SMILES string of the molecule is CC(C)Cc1nc2sc3c(SCc4ccccc4Cl)ncnc3c2c2c1COC(C)(C)C2. The highest BCUT2D eigenvalue weighted by atomic mass is 35.5. The lowest BCUT2D eigenvalue weighted by Crippen LogP contribution is -2.33. The number of fused-ring (bicyclic) bond motifs is 5. The van der Waals surface area contributed by atoms with Gasteiger partial charge in [0.1, 0.15) is 16.2 Å². The topological polar surface area (TPSA) is 47.9 Å². The molecule has 4 heterocycles. The number of benzene rings is 1. The first-order chi connectivity index (χ1) is 15.3. The third-order valence-electron chi connectivity index (χ3n) is 5.81. The fourth-order valence-corrected chi connectivity index (χ4v) is 6.81. The van der Waals surface area contributed by atoms with Crippen molar-refractivity contribution in [3.63, 3.8) is 0 Å². The van der Waals surface area contributed by atoms with Crippen LogP contribution in [0, 0.1) is 5.92 Å². The fourth-order valence-electron chi connectivity index (χ4n) is 4.27. The van der Waals surface area contributed by atoms with E-state index in [4.69, 9.17) is 26.3 Å². The van der Waals surface area contributed by atoms with Gasteiger partial charge in [0.2, 0.25) is 0 Å². The molecule has 1 aliphatic heterocycles. The number of thioether (sulfide) groups is 1. The van der Waals surface area contributed by atoms with Crippen molar-refractivity contribution >= 4 is 55.1 Å². The van der Waals surface area contributed by atoms with E-state index in [1.54, 1.807) is 29.4 Å². The second-order valence-electron chi connectivity index (χ2n) is 9.36. The van der Waals surface area contributed by atoms with Crippen LogP contribution in [0.4, 0.5) is 0 Å². The molecule has 0 unspecified atom stereocenters. The van der Waals surface area contributed by atoms with Crippen molar-refractivity contribution in [1.29, 1.82) is 0 Å². The summed E-state index contributed by atoms with van der Waals surface area (Å²) < 4.78 is 7.30. The molecule has 0 aliphatic carbocycles. The Balaban J connectivity index is 1.65. The molecule has 7 heteroatoms. The molecule has 5 rings (SSSR count). The summed E-state index contributed by atoms with van der Waals surface area (Å²) in [7, 11) is 0. The Bertz CT molecular complexity index is 1320. The van der Waals surface area contributed by atoms with Gasteiger partial charge in [0.05, 0.1) is 22.4 Å². The lowest BCUT2D eigenvalue weighted by Gasteiger charge is -2.33. The molecule has 4 aromatic rings. The summed E-state index contributed by atoms with van der Waals surface area (Å²) >= 11 is 9.79. The molecule has 0 saturated heterocycles. The maximum Gasteiger partial charge on any atom is 0.126 e. The van der Waals surface area contributed by atoms with E-state index in [1.165, 1.54) is 22.2 Å². The van der Waals surface area contributed by atoms with Crippen LogP contribution in [0.2, 0.25) is 5.02 Å². The van der Waals surface area contributed by atoms with Gasteiger partial charge in [-0.2, -0.15) is 0 Å². The molecule has 0 amide bonds. The molecular formula is C25H26ClN3OS2. The second kappa shape index (κ2) is 8.56. The predicted molar refractivity (Wildman–Crippen MR) is 135 cm³/mol. The van der Waals surface area contributed by atoms with Gasteiger partial charge in [0, 0.05) is 33.8 Å². The minimum atomic E-state index is -0.195. The van der Waals surface area contributed by atoms with E-state index in [0.717, 1.165) is 49.3 Å². The minimum Gasteiger partial charge on any atom is -0.370 e. The maximum absolute atomic E-state index is 6.37. The van der Waals surface area contributed by atoms with Crippen molar-refractivity contribution in [2.75, 3.05) is 0 Å². The zero-order chi connectivity index (χ0) is 22.5. The van der Waals surface area contributed by atoms with Crippen LogP contribution in [0.15, 0.2) is 35.6 Å². The number of halogens is 1. The van der Waals surface area contributed by atoms with Crippen molar-refractivity contribution in [3.8, 4) is 0 Å². The summed E-state index contributed by atoms with van der Waals surface area (Å²) in [4.78, 5) is 15.5. The summed E-state index contributed by atoms with van der Waals surface area (Å²) in [6.07, 6.45) is 3.50. The molecule has 1 aromatic carbocycles.